The maximum atomic E-state index is 12.3. The Balaban J connectivity index is 2.77. The third-order valence-electron chi connectivity index (χ3n) is 3.24. The number of carboxylic acids is 1. The number of urea groups is 1. The Kier molecular flexibility index (Phi) is 4.69. The molecule has 1 aliphatic rings. The standard InChI is InChI=1S/C14H26N2O4/c1-9-7-16(8-14(5,6)20-9)12(19)15-10(11(17)18)13(2,3)4/h9-10H,7-8H2,1-6H3,(H,15,19)(H,17,18)/t9?,10-/m1/s1. The van der Waals surface area contributed by atoms with Gasteiger partial charge in [-0.2, -0.15) is 0 Å². The van der Waals surface area contributed by atoms with Gasteiger partial charge in [0, 0.05) is 6.54 Å². The van der Waals surface area contributed by atoms with E-state index in [-0.39, 0.29) is 12.1 Å². The molecule has 0 bridgehead atoms. The van der Waals surface area contributed by atoms with Gasteiger partial charge in [-0.25, -0.2) is 9.59 Å². The van der Waals surface area contributed by atoms with Gasteiger partial charge in [-0.05, 0) is 26.2 Å². The van der Waals surface area contributed by atoms with Crippen LogP contribution in [-0.2, 0) is 9.53 Å². The van der Waals surface area contributed by atoms with Crippen LogP contribution < -0.4 is 5.32 Å². The van der Waals surface area contributed by atoms with Crippen LogP contribution >= 0.6 is 0 Å². The number of nitrogens with one attached hydrogen (secondary N) is 1. The van der Waals surface area contributed by atoms with E-state index in [1.165, 1.54) is 0 Å². The first-order chi connectivity index (χ1) is 8.92. The molecule has 116 valence electrons. The highest BCUT2D eigenvalue weighted by molar-refractivity contribution is 5.83. The van der Waals surface area contributed by atoms with Gasteiger partial charge in [0.05, 0.1) is 18.2 Å². The maximum absolute atomic E-state index is 12.3. The van der Waals surface area contributed by atoms with Gasteiger partial charge in [0.15, 0.2) is 0 Å². The lowest BCUT2D eigenvalue weighted by Gasteiger charge is -2.42. The van der Waals surface area contributed by atoms with Crippen LogP contribution in [-0.4, -0.2) is 52.8 Å². The van der Waals surface area contributed by atoms with E-state index in [1.807, 2.05) is 20.8 Å². The number of nitrogens with zero attached hydrogens (tertiary/aromatic N) is 1. The summed E-state index contributed by atoms with van der Waals surface area (Å²) in [5, 5.41) is 11.9. The quantitative estimate of drug-likeness (QED) is 0.809. The SMILES string of the molecule is CC1CN(C(=O)N[C@H](C(=O)O)C(C)(C)C)CC(C)(C)O1. The minimum absolute atomic E-state index is 0.0672. The molecule has 20 heavy (non-hydrogen) atoms. The van der Waals surface area contributed by atoms with Crippen LogP contribution in [0, 0.1) is 5.41 Å². The van der Waals surface area contributed by atoms with Crippen molar-refractivity contribution in [2.24, 2.45) is 5.41 Å². The fourth-order valence-corrected chi connectivity index (χ4v) is 2.47. The summed E-state index contributed by atoms with van der Waals surface area (Å²) in [7, 11) is 0. The molecular formula is C14H26N2O4. The summed E-state index contributed by atoms with van der Waals surface area (Å²) in [5.74, 6) is -1.02. The zero-order chi connectivity index (χ0) is 15.7. The highest BCUT2D eigenvalue weighted by Crippen LogP contribution is 2.23. The first kappa shape index (κ1) is 16.8. The number of ether oxygens (including phenoxy) is 1. The third-order valence-corrected chi connectivity index (χ3v) is 3.24. The van der Waals surface area contributed by atoms with Crippen molar-refractivity contribution in [2.45, 2.75) is 59.3 Å². The molecule has 0 radical (unpaired) electrons. The van der Waals surface area contributed by atoms with Gasteiger partial charge in [-0.3, -0.25) is 0 Å². The van der Waals surface area contributed by atoms with Gasteiger partial charge < -0.3 is 20.1 Å². The largest absolute Gasteiger partial charge is 0.480 e. The Morgan fingerprint density at radius 1 is 1.40 bits per heavy atom. The molecule has 0 saturated carbocycles. The molecule has 1 unspecified atom stereocenters. The number of aliphatic carboxylic acids is 1. The lowest BCUT2D eigenvalue weighted by Crippen LogP contribution is -2.59. The van der Waals surface area contributed by atoms with Gasteiger partial charge in [0.1, 0.15) is 6.04 Å². The number of carbonyl (C=O) groups is 2. The fraction of sp³-hybridized carbons (Fsp3) is 0.857. The molecular weight excluding hydrogens is 260 g/mol. The number of morpholine rings is 1. The first-order valence-electron chi connectivity index (χ1n) is 6.88. The number of carboxylic acid groups (broad SMARTS) is 1. The normalized spacial score (nSPS) is 24.1. The number of rotatable bonds is 2. The van der Waals surface area contributed by atoms with E-state index >= 15 is 0 Å². The average Bonchev–Trinajstić information content (AvgIpc) is 2.20. The lowest BCUT2D eigenvalue weighted by molar-refractivity contribution is -0.142. The number of hydrogen-bond acceptors (Lipinski definition) is 3. The maximum Gasteiger partial charge on any atom is 0.326 e. The monoisotopic (exact) mass is 286 g/mol. The molecule has 1 saturated heterocycles. The van der Waals surface area contributed by atoms with E-state index in [1.54, 1.807) is 25.7 Å². The molecule has 2 amide bonds. The number of amides is 2. The van der Waals surface area contributed by atoms with E-state index in [0.717, 1.165) is 0 Å². The zero-order valence-corrected chi connectivity index (χ0v) is 13.2. The topological polar surface area (TPSA) is 78.9 Å². The Morgan fingerprint density at radius 2 is 1.95 bits per heavy atom. The molecule has 0 aliphatic carbocycles. The van der Waals surface area contributed by atoms with Crippen molar-refractivity contribution in [3.05, 3.63) is 0 Å². The second kappa shape index (κ2) is 5.60. The minimum atomic E-state index is -1.02. The van der Waals surface area contributed by atoms with Crippen LogP contribution in [0.3, 0.4) is 0 Å². The van der Waals surface area contributed by atoms with Crippen LogP contribution in [0.5, 0.6) is 0 Å². The van der Waals surface area contributed by atoms with Gasteiger partial charge in [0.25, 0.3) is 0 Å². The van der Waals surface area contributed by atoms with Gasteiger partial charge >= 0.3 is 12.0 Å². The Bertz CT molecular complexity index is 387. The molecule has 6 heteroatoms. The summed E-state index contributed by atoms with van der Waals surface area (Å²) in [5.41, 5.74) is -0.968. The van der Waals surface area contributed by atoms with Crippen molar-refractivity contribution >= 4 is 12.0 Å². The van der Waals surface area contributed by atoms with Crippen molar-refractivity contribution in [2.75, 3.05) is 13.1 Å². The minimum Gasteiger partial charge on any atom is -0.480 e. The molecule has 1 aliphatic heterocycles. The summed E-state index contributed by atoms with van der Waals surface area (Å²) in [6.45, 7) is 12.0. The van der Waals surface area contributed by atoms with Gasteiger partial charge in [0.2, 0.25) is 0 Å². The molecule has 0 aromatic rings. The van der Waals surface area contributed by atoms with Crippen LogP contribution in [0.25, 0.3) is 0 Å². The van der Waals surface area contributed by atoms with Crippen LogP contribution in [0.4, 0.5) is 4.79 Å². The molecule has 2 N–H and O–H groups in total. The average molecular weight is 286 g/mol. The molecule has 1 heterocycles. The van der Waals surface area contributed by atoms with Gasteiger partial charge in [-0.15, -0.1) is 0 Å². The van der Waals surface area contributed by atoms with Crippen molar-refractivity contribution in [3.8, 4) is 0 Å². The Morgan fingerprint density at radius 3 is 2.35 bits per heavy atom. The smallest absolute Gasteiger partial charge is 0.326 e. The Labute approximate surface area is 120 Å². The lowest BCUT2D eigenvalue weighted by atomic mass is 9.87. The van der Waals surface area contributed by atoms with Crippen molar-refractivity contribution < 1.29 is 19.4 Å². The number of carbonyl (C=O) groups excluding carboxylic acids is 1. The molecule has 0 spiro atoms. The summed E-state index contributed by atoms with van der Waals surface area (Å²) >= 11 is 0. The van der Waals surface area contributed by atoms with Crippen LogP contribution in [0.1, 0.15) is 41.5 Å². The highest BCUT2D eigenvalue weighted by Gasteiger charge is 2.37. The highest BCUT2D eigenvalue weighted by atomic mass is 16.5. The first-order valence-corrected chi connectivity index (χ1v) is 6.88. The number of hydrogen-bond donors (Lipinski definition) is 2. The molecule has 0 aromatic heterocycles. The van der Waals surface area contributed by atoms with Gasteiger partial charge in [-0.1, -0.05) is 20.8 Å². The Hall–Kier alpha value is -1.30. The summed E-state index contributed by atoms with van der Waals surface area (Å²) in [6.07, 6.45) is -0.0672. The predicted octanol–water partition coefficient (Wildman–Crippen LogP) is 1.69. The summed E-state index contributed by atoms with van der Waals surface area (Å²) in [6, 6.07) is -1.27. The van der Waals surface area contributed by atoms with Crippen LogP contribution in [0.2, 0.25) is 0 Å². The predicted molar refractivity (Wildman–Crippen MR) is 75.6 cm³/mol. The van der Waals surface area contributed by atoms with E-state index < -0.39 is 23.0 Å². The second-order valence-electron chi connectivity index (χ2n) is 7.16. The zero-order valence-electron chi connectivity index (χ0n) is 13.2. The van der Waals surface area contributed by atoms with E-state index in [9.17, 15) is 14.7 Å². The summed E-state index contributed by atoms with van der Waals surface area (Å²) in [4.78, 5) is 25.2. The molecule has 6 nitrogen and oxygen atoms in total. The second-order valence-corrected chi connectivity index (χ2v) is 7.16. The summed E-state index contributed by atoms with van der Waals surface area (Å²) < 4.78 is 5.74. The van der Waals surface area contributed by atoms with E-state index in [2.05, 4.69) is 5.32 Å². The van der Waals surface area contributed by atoms with Crippen molar-refractivity contribution in [1.82, 2.24) is 10.2 Å². The van der Waals surface area contributed by atoms with Crippen molar-refractivity contribution in [3.63, 3.8) is 0 Å². The van der Waals surface area contributed by atoms with E-state index in [4.69, 9.17) is 4.74 Å². The fourth-order valence-electron chi connectivity index (χ4n) is 2.47. The van der Waals surface area contributed by atoms with Crippen LogP contribution in [0.15, 0.2) is 0 Å². The molecule has 2 atom stereocenters. The van der Waals surface area contributed by atoms with E-state index in [0.29, 0.717) is 13.1 Å². The molecule has 1 rings (SSSR count). The molecule has 1 fully saturated rings. The molecule has 0 aromatic carbocycles. The van der Waals surface area contributed by atoms with Crippen molar-refractivity contribution in [1.29, 1.82) is 0 Å². The third kappa shape index (κ3) is 4.37.